The van der Waals surface area contributed by atoms with E-state index in [2.05, 4.69) is 15.9 Å². The van der Waals surface area contributed by atoms with Crippen LogP contribution in [-0.2, 0) is 0 Å². The monoisotopic (exact) mass is 376 g/mol. The van der Waals surface area contributed by atoms with Gasteiger partial charge in [0.05, 0.1) is 21.6 Å². The lowest BCUT2D eigenvalue weighted by molar-refractivity contribution is 0.103. The first-order chi connectivity index (χ1) is 9.45. The summed E-state index contributed by atoms with van der Waals surface area (Å²) in [6, 6.07) is 7.06. The summed E-state index contributed by atoms with van der Waals surface area (Å²) in [6.45, 7) is 0. The molecule has 0 atom stereocenters. The SMILES string of the molecule is COc1cc(Cl)c(C(=O)c2cccc(F)c2Br)cc1Cl. The number of carbonyl (C=O) groups excluding carboxylic acids is 1. The third-order valence-corrected chi connectivity index (χ3v) is 4.10. The molecule has 2 rings (SSSR count). The van der Waals surface area contributed by atoms with Gasteiger partial charge in [0, 0.05) is 17.2 Å². The minimum Gasteiger partial charge on any atom is -0.495 e. The number of rotatable bonds is 3. The van der Waals surface area contributed by atoms with Gasteiger partial charge in [-0.3, -0.25) is 4.79 Å². The third kappa shape index (κ3) is 2.82. The van der Waals surface area contributed by atoms with E-state index in [4.69, 9.17) is 27.9 Å². The van der Waals surface area contributed by atoms with Gasteiger partial charge in [-0.05, 0) is 34.1 Å². The molecule has 0 aliphatic heterocycles. The van der Waals surface area contributed by atoms with Crippen LogP contribution >= 0.6 is 39.1 Å². The molecule has 0 saturated heterocycles. The van der Waals surface area contributed by atoms with Crippen molar-refractivity contribution in [3.63, 3.8) is 0 Å². The molecule has 20 heavy (non-hydrogen) atoms. The molecule has 0 N–H and O–H groups in total. The van der Waals surface area contributed by atoms with Gasteiger partial charge in [-0.2, -0.15) is 0 Å². The average molecular weight is 378 g/mol. The van der Waals surface area contributed by atoms with Crippen LogP contribution < -0.4 is 4.74 Å². The van der Waals surface area contributed by atoms with Crippen LogP contribution in [0.2, 0.25) is 10.0 Å². The van der Waals surface area contributed by atoms with Crippen LogP contribution in [0.15, 0.2) is 34.8 Å². The number of ether oxygens (including phenoxy) is 1. The molecule has 6 heteroatoms. The molecule has 0 bridgehead atoms. The molecule has 0 amide bonds. The van der Waals surface area contributed by atoms with Crippen LogP contribution in [0, 0.1) is 5.82 Å². The lowest BCUT2D eigenvalue weighted by Crippen LogP contribution is -2.05. The van der Waals surface area contributed by atoms with E-state index in [1.165, 1.54) is 37.4 Å². The fourth-order valence-electron chi connectivity index (χ4n) is 1.68. The summed E-state index contributed by atoms with van der Waals surface area (Å²) in [4.78, 5) is 12.4. The van der Waals surface area contributed by atoms with Crippen LogP contribution in [0.3, 0.4) is 0 Å². The van der Waals surface area contributed by atoms with Gasteiger partial charge in [-0.15, -0.1) is 0 Å². The third-order valence-electron chi connectivity index (χ3n) is 2.68. The van der Waals surface area contributed by atoms with Gasteiger partial charge in [0.25, 0.3) is 0 Å². The largest absolute Gasteiger partial charge is 0.495 e. The molecule has 0 unspecified atom stereocenters. The predicted molar refractivity (Wildman–Crippen MR) is 80.5 cm³/mol. The smallest absolute Gasteiger partial charge is 0.195 e. The Morgan fingerprint density at radius 1 is 1.20 bits per heavy atom. The molecule has 0 aliphatic rings. The summed E-state index contributed by atoms with van der Waals surface area (Å²) in [5.41, 5.74) is 0.358. The molecule has 2 nitrogen and oxygen atoms in total. The van der Waals surface area contributed by atoms with Crippen LogP contribution in [-0.4, -0.2) is 12.9 Å². The minimum atomic E-state index is -0.522. The number of methoxy groups -OCH3 is 1. The zero-order valence-electron chi connectivity index (χ0n) is 10.2. The summed E-state index contributed by atoms with van der Waals surface area (Å²) < 4.78 is 18.6. The second-order valence-electron chi connectivity index (χ2n) is 3.90. The Labute approximate surface area is 133 Å². The number of benzene rings is 2. The number of hydrogen-bond donors (Lipinski definition) is 0. The van der Waals surface area contributed by atoms with Crippen LogP contribution in [0.5, 0.6) is 5.75 Å². The first-order valence-electron chi connectivity index (χ1n) is 5.47. The van der Waals surface area contributed by atoms with Gasteiger partial charge in [0.1, 0.15) is 11.6 Å². The summed E-state index contributed by atoms with van der Waals surface area (Å²) >= 11 is 15.1. The molecule has 0 saturated carbocycles. The van der Waals surface area contributed by atoms with Crippen molar-refractivity contribution >= 4 is 44.9 Å². The van der Waals surface area contributed by atoms with Crippen molar-refractivity contribution in [2.24, 2.45) is 0 Å². The van der Waals surface area contributed by atoms with Crippen molar-refractivity contribution in [3.8, 4) is 5.75 Å². The van der Waals surface area contributed by atoms with Crippen molar-refractivity contribution < 1.29 is 13.9 Å². The first kappa shape index (κ1) is 15.3. The Morgan fingerprint density at radius 3 is 2.55 bits per heavy atom. The van der Waals surface area contributed by atoms with Gasteiger partial charge in [-0.1, -0.05) is 29.3 Å². The van der Waals surface area contributed by atoms with Crippen molar-refractivity contribution in [1.82, 2.24) is 0 Å². The summed E-state index contributed by atoms with van der Waals surface area (Å²) in [7, 11) is 1.45. The topological polar surface area (TPSA) is 26.3 Å². The lowest BCUT2D eigenvalue weighted by atomic mass is 10.0. The number of carbonyl (C=O) groups is 1. The molecule has 0 radical (unpaired) electrons. The molecule has 0 fully saturated rings. The Morgan fingerprint density at radius 2 is 1.90 bits per heavy atom. The van der Waals surface area contributed by atoms with Crippen LogP contribution in [0.1, 0.15) is 15.9 Å². The van der Waals surface area contributed by atoms with Crippen LogP contribution in [0.25, 0.3) is 0 Å². The standard InChI is InChI=1S/C14H8BrCl2FO2/c1-20-12-6-9(16)8(5-10(12)17)14(19)7-3-2-4-11(18)13(7)15/h2-6H,1H3. The van der Waals surface area contributed by atoms with E-state index in [0.29, 0.717) is 5.75 Å². The molecular formula is C14H8BrCl2FO2. The van der Waals surface area contributed by atoms with Gasteiger partial charge < -0.3 is 4.74 Å². The van der Waals surface area contributed by atoms with E-state index < -0.39 is 11.6 Å². The van der Waals surface area contributed by atoms with E-state index in [9.17, 15) is 9.18 Å². The molecule has 0 heterocycles. The van der Waals surface area contributed by atoms with Crippen LogP contribution in [0.4, 0.5) is 4.39 Å². The highest BCUT2D eigenvalue weighted by Crippen LogP contribution is 2.33. The average Bonchev–Trinajstić information content (AvgIpc) is 2.43. The molecule has 2 aromatic carbocycles. The van der Waals surface area contributed by atoms with E-state index in [-0.39, 0.29) is 25.6 Å². The predicted octanol–water partition coefficient (Wildman–Crippen LogP) is 5.13. The maximum absolute atomic E-state index is 13.5. The van der Waals surface area contributed by atoms with Crippen molar-refractivity contribution in [3.05, 3.63) is 61.8 Å². The highest BCUT2D eigenvalue weighted by molar-refractivity contribution is 9.10. The van der Waals surface area contributed by atoms with Crippen molar-refractivity contribution in [2.45, 2.75) is 0 Å². The van der Waals surface area contributed by atoms with E-state index >= 15 is 0 Å². The van der Waals surface area contributed by atoms with Gasteiger partial charge in [0.15, 0.2) is 5.78 Å². The second-order valence-corrected chi connectivity index (χ2v) is 5.50. The molecule has 0 spiro atoms. The quantitative estimate of drug-likeness (QED) is 0.692. The Balaban J connectivity index is 2.54. The Kier molecular flexibility index (Phi) is 4.68. The number of ketones is 1. The van der Waals surface area contributed by atoms with E-state index in [1.54, 1.807) is 0 Å². The maximum atomic E-state index is 13.5. The summed E-state index contributed by atoms with van der Waals surface area (Å²) in [5.74, 6) is -0.580. The van der Waals surface area contributed by atoms with Gasteiger partial charge in [0.2, 0.25) is 0 Å². The normalized spacial score (nSPS) is 10.4. The zero-order chi connectivity index (χ0) is 14.9. The summed E-state index contributed by atoms with van der Waals surface area (Å²) in [5, 5.41) is 0.445. The van der Waals surface area contributed by atoms with Crippen molar-refractivity contribution in [1.29, 1.82) is 0 Å². The molecule has 0 aliphatic carbocycles. The Hall–Kier alpha value is -1.10. The maximum Gasteiger partial charge on any atom is 0.195 e. The summed E-state index contributed by atoms with van der Waals surface area (Å²) in [6.07, 6.45) is 0. The minimum absolute atomic E-state index is 0.0907. The van der Waals surface area contributed by atoms with Gasteiger partial charge in [-0.25, -0.2) is 4.39 Å². The first-order valence-corrected chi connectivity index (χ1v) is 7.02. The highest BCUT2D eigenvalue weighted by Gasteiger charge is 2.19. The highest BCUT2D eigenvalue weighted by atomic mass is 79.9. The molecule has 2 aromatic rings. The number of hydrogen-bond acceptors (Lipinski definition) is 2. The Bertz CT molecular complexity index is 689. The fraction of sp³-hybridized carbons (Fsp3) is 0.0714. The molecular weight excluding hydrogens is 370 g/mol. The molecule has 0 aromatic heterocycles. The fourth-order valence-corrected chi connectivity index (χ4v) is 2.61. The van der Waals surface area contributed by atoms with Gasteiger partial charge >= 0.3 is 0 Å². The lowest BCUT2D eigenvalue weighted by Gasteiger charge is -2.09. The van der Waals surface area contributed by atoms with E-state index in [0.717, 1.165) is 0 Å². The zero-order valence-corrected chi connectivity index (χ0v) is 13.3. The molecule has 104 valence electrons. The second kappa shape index (κ2) is 6.12. The number of halogens is 4. The van der Waals surface area contributed by atoms with Crippen molar-refractivity contribution in [2.75, 3.05) is 7.11 Å². The van der Waals surface area contributed by atoms with E-state index in [1.807, 2.05) is 0 Å².